The van der Waals surface area contributed by atoms with E-state index in [1.165, 1.54) is 30.4 Å². The molecule has 8 atom stereocenters. The lowest BCUT2D eigenvalue weighted by Crippen LogP contribution is -2.58. The molecule has 2 saturated heterocycles. The molecule has 0 unspecified atom stereocenters. The van der Waals surface area contributed by atoms with Crippen molar-refractivity contribution < 1.29 is 19.1 Å². The van der Waals surface area contributed by atoms with Gasteiger partial charge in [-0.1, -0.05) is 76.5 Å². The quantitative estimate of drug-likeness (QED) is 0.389. The SMILES string of the molecule is CC(C)c1ccc(NC(=O)[C@H]2[C@H]3C=C[C@@]4(O3)[C@H]2C(=O)N(CCC2=CCCCC2)[C@@H]4C(=O)N[C@@H]2CCC[C@H](C)[C@H]2C)cc1. The van der Waals surface area contributed by atoms with E-state index in [9.17, 15) is 14.4 Å². The second-order valence-electron chi connectivity index (χ2n) is 13.7. The maximum Gasteiger partial charge on any atom is 0.246 e. The Balaban J connectivity index is 1.27. The Hall–Kier alpha value is -2.93. The molecule has 2 aliphatic carbocycles. The zero-order valence-corrected chi connectivity index (χ0v) is 25.6. The molecule has 42 heavy (non-hydrogen) atoms. The minimum atomic E-state index is -1.13. The minimum absolute atomic E-state index is 0.0743. The van der Waals surface area contributed by atoms with Crippen LogP contribution in [0, 0.1) is 23.7 Å². The van der Waals surface area contributed by atoms with Crippen LogP contribution in [0.5, 0.6) is 0 Å². The molecule has 3 aliphatic heterocycles. The molecule has 1 aromatic rings. The highest BCUT2D eigenvalue weighted by Gasteiger charge is 2.72. The molecule has 3 amide bonds. The summed E-state index contributed by atoms with van der Waals surface area (Å²) in [5.41, 5.74) is 2.13. The summed E-state index contributed by atoms with van der Waals surface area (Å²) in [5, 5.41) is 6.41. The molecule has 7 heteroatoms. The Morgan fingerprint density at radius 1 is 1.07 bits per heavy atom. The highest BCUT2D eigenvalue weighted by atomic mass is 16.5. The van der Waals surface area contributed by atoms with Crippen molar-refractivity contribution in [1.29, 1.82) is 0 Å². The highest BCUT2D eigenvalue weighted by molar-refractivity contribution is 6.02. The summed E-state index contributed by atoms with van der Waals surface area (Å²) >= 11 is 0. The molecule has 5 aliphatic rings. The predicted octanol–water partition coefficient (Wildman–Crippen LogP) is 5.73. The van der Waals surface area contributed by atoms with Crippen molar-refractivity contribution in [2.75, 3.05) is 11.9 Å². The number of carbonyl (C=O) groups excluding carboxylic acids is 3. The Bertz CT molecular complexity index is 1270. The van der Waals surface area contributed by atoms with Crippen LogP contribution in [-0.4, -0.2) is 53.0 Å². The molecule has 3 heterocycles. The first-order valence-electron chi connectivity index (χ1n) is 16.3. The van der Waals surface area contributed by atoms with E-state index in [0.29, 0.717) is 30.0 Å². The van der Waals surface area contributed by atoms with Crippen molar-refractivity contribution in [3.05, 3.63) is 53.6 Å². The molecule has 3 fully saturated rings. The lowest BCUT2D eigenvalue weighted by Gasteiger charge is -2.38. The van der Waals surface area contributed by atoms with Crippen LogP contribution < -0.4 is 10.6 Å². The second kappa shape index (κ2) is 11.6. The van der Waals surface area contributed by atoms with Gasteiger partial charge in [-0.15, -0.1) is 0 Å². The number of likely N-dealkylation sites (tertiary alicyclic amines) is 1. The molecule has 226 valence electrons. The van der Waals surface area contributed by atoms with Crippen molar-refractivity contribution >= 4 is 23.4 Å². The number of hydrogen-bond donors (Lipinski definition) is 2. The van der Waals surface area contributed by atoms with Gasteiger partial charge in [0, 0.05) is 18.3 Å². The molecule has 0 aromatic heterocycles. The van der Waals surface area contributed by atoms with E-state index in [1.54, 1.807) is 4.90 Å². The van der Waals surface area contributed by atoms with Gasteiger partial charge >= 0.3 is 0 Å². The van der Waals surface area contributed by atoms with E-state index in [-0.39, 0.29) is 23.8 Å². The summed E-state index contributed by atoms with van der Waals surface area (Å²) in [5.74, 6) is -0.623. The fraction of sp³-hybridized carbons (Fsp3) is 0.629. The van der Waals surface area contributed by atoms with Gasteiger partial charge in [0.2, 0.25) is 17.7 Å². The van der Waals surface area contributed by atoms with Gasteiger partial charge in [0.1, 0.15) is 11.6 Å². The molecular weight excluding hydrogens is 526 g/mol. The number of hydrogen-bond acceptors (Lipinski definition) is 4. The Labute approximate surface area is 250 Å². The summed E-state index contributed by atoms with van der Waals surface area (Å²) in [7, 11) is 0. The third-order valence-electron chi connectivity index (χ3n) is 10.9. The Morgan fingerprint density at radius 3 is 2.57 bits per heavy atom. The molecule has 1 spiro atoms. The smallest absolute Gasteiger partial charge is 0.246 e. The largest absolute Gasteiger partial charge is 0.359 e. The minimum Gasteiger partial charge on any atom is -0.359 e. The number of benzene rings is 1. The van der Waals surface area contributed by atoms with Gasteiger partial charge in [-0.2, -0.15) is 0 Å². The zero-order chi connectivity index (χ0) is 29.6. The van der Waals surface area contributed by atoms with E-state index in [2.05, 4.69) is 44.4 Å². The van der Waals surface area contributed by atoms with Crippen LogP contribution in [-0.2, 0) is 19.1 Å². The molecule has 2 bridgehead atoms. The summed E-state index contributed by atoms with van der Waals surface area (Å²) < 4.78 is 6.56. The fourth-order valence-corrected chi connectivity index (χ4v) is 8.13. The van der Waals surface area contributed by atoms with Crippen LogP contribution >= 0.6 is 0 Å². The first kappa shape index (κ1) is 29.2. The van der Waals surface area contributed by atoms with Crippen molar-refractivity contribution in [3.63, 3.8) is 0 Å². The number of fused-ring (bicyclic) bond motifs is 1. The summed E-state index contributed by atoms with van der Waals surface area (Å²) in [4.78, 5) is 44.0. The molecule has 1 saturated carbocycles. The molecule has 2 N–H and O–H groups in total. The van der Waals surface area contributed by atoms with Gasteiger partial charge in [-0.05, 0) is 74.0 Å². The Morgan fingerprint density at radius 2 is 1.86 bits per heavy atom. The number of anilines is 1. The lowest BCUT2D eigenvalue weighted by atomic mass is 9.73. The first-order chi connectivity index (χ1) is 20.2. The van der Waals surface area contributed by atoms with E-state index in [1.807, 2.05) is 36.4 Å². The van der Waals surface area contributed by atoms with Gasteiger partial charge in [-0.3, -0.25) is 14.4 Å². The van der Waals surface area contributed by atoms with Gasteiger partial charge < -0.3 is 20.3 Å². The monoisotopic (exact) mass is 573 g/mol. The molecule has 7 nitrogen and oxygen atoms in total. The van der Waals surface area contributed by atoms with Crippen molar-refractivity contribution in [2.45, 2.75) is 109 Å². The number of rotatable bonds is 8. The summed E-state index contributed by atoms with van der Waals surface area (Å²) in [6.07, 6.45) is 14.0. The lowest BCUT2D eigenvalue weighted by molar-refractivity contribution is -0.141. The van der Waals surface area contributed by atoms with E-state index < -0.39 is 29.6 Å². The van der Waals surface area contributed by atoms with E-state index in [0.717, 1.165) is 32.1 Å². The number of amides is 3. The summed E-state index contributed by atoms with van der Waals surface area (Å²) in [6.45, 7) is 9.21. The van der Waals surface area contributed by atoms with Crippen molar-refractivity contribution in [2.24, 2.45) is 23.7 Å². The van der Waals surface area contributed by atoms with Crippen LogP contribution in [0.3, 0.4) is 0 Å². The van der Waals surface area contributed by atoms with E-state index >= 15 is 0 Å². The number of carbonyl (C=O) groups is 3. The van der Waals surface area contributed by atoms with Crippen LogP contribution in [0.2, 0.25) is 0 Å². The molecule has 6 rings (SSSR count). The fourth-order valence-electron chi connectivity index (χ4n) is 8.13. The predicted molar refractivity (Wildman–Crippen MR) is 164 cm³/mol. The number of nitrogens with zero attached hydrogens (tertiary/aromatic N) is 1. The molecule has 0 radical (unpaired) electrons. The number of ether oxygens (including phenoxy) is 1. The van der Waals surface area contributed by atoms with Crippen molar-refractivity contribution in [1.82, 2.24) is 10.2 Å². The third kappa shape index (κ3) is 5.12. The average molecular weight is 574 g/mol. The summed E-state index contributed by atoms with van der Waals surface area (Å²) in [6, 6.07) is 7.16. The number of allylic oxidation sites excluding steroid dienone is 1. The normalized spacial score (nSPS) is 35.4. The second-order valence-corrected chi connectivity index (χ2v) is 13.7. The van der Waals surface area contributed by atoms with Gasteiger partial charge in [0.15, 0.2) is 0 Å². The van der Waals surface area contributed by atoms with Gasteiger partial charge in [-0.25, -0.2) is 0 Å². The topological polar surface area (TPSA) is 87.7 Å². The van der Waals surface area contributed by atoms with E-state index in [4.69, 9.17) is 4.74 Å². The standard InChI is InChI=1S/C35H47N3O4/c1-21(2)25-13-15-26(16-14-25)36-32(39)29-28-17-19-35(42-28)30(29)34(41)38(20-18-24-10-6-5-7-11-24)31(35)33(40)37-27-12-8-9-22(3)23(27)4/h10,13-17,19,21-23,27-31H,5-9,11-12,18,20H2,1-4H3,(H,36,39)(H,37,40)/t22-,23+,27+,28+,29-,30+,31+,35+/m0/s1. The van der Waals surface area contributed by atoms with Crippen LogP contribution in [0.4, 0.5) is 5.69 Å². The van der Waals surface area contributed by atoms with Gasteiger partial charge in [0.05, 0.1) is 17.9 Å². The highest BCUT2D eigenvalue weighted by Crippen LogP contribution is 2.55. The average Bonchev–Trinajstić information content (AvgIpc) is 3.62. The molecule has 1 aromatic carbocycles. The Kier molecular flexibility index (Phi) is 8.07. The third-order valence-corrected chi connectivity index (χ3v) is 10.9. The zero-order valence-electron chi connectivity index (χ0n) is 25.6. The molecular formula is C35H47N3O4. The van der Waals surface area contributed by atoms with Crippen molar-refractivity contribution in [3.8, 4) is 0 Å². The maximum absolute atomic E-state index is 14.3. The van der Waals surface area contributed by atoms with Crippen LogP contribution in [0.15, 0.2) is 48.1 Å². The van der Waals surface area contributed by atoms with Crippen LogP contribution in [0.25, 0.3) is 0 Å². The number of nitrogens with one attached hydrogen (secondary N) is 2. The van der Waals surface area contributed by atoms with Crippen LogP contribution in [0.1, 0.15) is 90.5 Å². The first-order valence-corrected chi connectivity index (χ1v) is 16.3. The van der Waals surface area contributed by atoms with Gasteiger partial charge in [0.25, 0.3) is 0 Å². The maximum atomic E-state index is 14.3.